The number of carbonyl (C=O) groups excluding carboxylic acids is 2. The Morgan fingerprint density at radius 1 is 1.10 bits per heavy atom. The SMILES string of the molecule is COC(=O)C(C)(C)NC(=O)CCOc1ccc(OC)cc1. The van der Waals surface area contributed by atoms with E-state index in [2.05, 4.69) is 10.1 Å². The van der Waals surface area contributed by atoms with Crippen molar-refractivity contribution in [1.82, 2.24) is 5.32 Å². The predicted molar refractivity (Wildman–Crippen MR) is 77.3 cm³/mol. The Kier molecular flexibility index (Phi) is 6.02. The summed E-state index contributed by atoms with van der Waals surface area (Å²) < 4.78 is 15.1. The van der Waals surface area contributed by atoms with E-state index in [4.69, 9.17) is 9.47 Å². The van der Waals surface area contributed by atoms with Crippen LogP contribution in [0.3, 0.4) is 0 Å². The second-order valence-corrected chi connectivity index (χ2v) is 4.94. The Morgan fingerprint density at radius 3 is 2.19 bits per heavy atom. The standard InChI is InChI=1S/C15H21NO5/c1-15(2,14(18)20-4)16-13(17)9-10-21-12-7-5-11(19-3)6-8-12/h5-8H,9-10H2,1-4H3,(H,16,17). The zero-order valence-corrected chi connectivity index (χ0v) is 12.8. The lowest BCUT2D eigenvalue weighted by Crippen LogP contribution is -2.50. The lowest BCUT2D eigenvalue weighted by atomic mass is 10.1. The zero-order valence-electron chi connectivity index (χ0n) is 12.8. The van der Waals surface area contributed by atoms with Crippen LogP contribution in [0.15, 0.2) is 24.3 Å². The predicted octanol–water partition coefficient (Wildman–Crippen LogP) is 1.53. The quantitative estimate of drug-likeness (QED) is 0.772. The molecule has 0 unspecified atom stereocenters. The minimum absolute atomic E-state index is 0.145. The molecule has 0 aliphatic heterocycles. The Labute approximate surface area is 124 Å². The Morgan fingerprint density at radius 2 is 1.67 bits per heavy atom. The van der Waals surface area contributed by atoms with Crippen molar-refractivity contribution in [2.45, 2.75) is 25.8 Å². The lowest BCUT2D eigenvalue weighted by Gasteiger charge is -2.23. The van der Waals surface area contributed by atoms with Crippen molar-refractivity contribution in [3.63, 3.8) is 0 Å². The van der Waals surface area contributed by atoms with Gasteiger partial charge in [0, 0.05) is 0 Å². The van der Waals surface area contributed by atoms with Crippen LogP contribution in [0.4, 0.5) is 0 Å². The molecular weight excluding hydrogens is 274 g/mol. The molecule has 21 heavy (non-hydrogen) atoms. The number of carbonyl (C=O) groups is 2. The summed E-state index contributed by atoms with van der Waals surface area (Å²) in [7, 11) is 2.87. The Bertz CT molecular complexity index is 481. The minimum atomic E-state index is -1.05. The van der Waals surface area contributed by atoms with Crippen molar-refractivity contribution in [3.8, 4) is 11.5 Å². The van der Waals surface area contributed by atoms with Crippen LogP contribution in [-0.4, -0.2) is 38.2 Å². The van der Waals surface area contributed by atoms with E-state index in [9.17, 15) is 9.59 Å². The summed E-state index contributed by atoms with van der Waals surface area (Å²) in [4.78, 5) is 23.2. The van der Waals surface area contributed by atoms with Crippen LogP contribution in [0.5, 0.6) is 11.5 Å². The molecule has 6 nitrogen and oxygen atoms in total. The van der Waals surface area contributed by atoms with Crippen molar-refractivity contribution in [1.29, 1.82) is 0 Å². The molecular formula is C15H21NO5. The largest absolute Gasteiger partial charge is 0.497 e. The summed E-state index contributed by atoms with van der Waals surface area (Å²) in [5.74, 6) is 0.613. The molecule has 0 bridgehead atoms. The number of nitrogens with one attached hydrogen (secondary N) is 1. The molecule has 6 heteroatoms. The van der Waals surface area contributed by atoms with E-state index in [1.807, 2.05) is 0 Å². The van der Waals surface area contributed by atoms with E-state index in [1.165, 1.54) is 7.11 Å². The van der Waals surface area contributed by atoms with Crippen molar-refractivity contribution >= 4 is 11.9 Å². The van der Waals surface area contributed by atoms with Gasteiger partial charge in [0.2, 0.25) is 5.91 Å². The lowest BCUT2D eigenvalue weighted by molar-refractivity contribution is -0.149. The summed E-state index contributed by atoms with van der Waals surface area (Å²) in [6, 6.07) is 7.07. The maximum absolute atomic E-state index is 11.8. The van der Waals surface area contributed by atoms with Gasteiger partial charge in [0.05, 0.1) is 27.2 Å². The summed E-state index contributed by atoms with van der Waals surface area (Å²) in [6.07, 6.45) is 0.145. The third kappa shape index (κ3) is 5.33. The topological polar surface area (TPSA) is 73.9 Å². The van der Waals surface area contributed by atoms with E-state index in [0.29, 0.717) is 5.75 Å². The monoisotopic (exact) mass is 295 g/mol. The molecule has 0 aliphatic carbocycles. The van der Waals surface area contributed by atoms with Crippen LogP contribution in [0.25, 0.3) is 0 Å². The van der Waals surface area contributed by atoms with Crippen molar-refractivity contribution in [3.05, 3.63) is 24.3 Å². The third-order valence-corrected chi connectivity index (χ3v) is 2.80. The van der Waals surface area contributed by atoms with Gasteiger partial charge in [-0.15, -0.1) is 0 Å². The maximum Gasteiger partial charge on any atom is 0.330 e. The first kappa shape index (κ1) is 16.8. The van der Waals surface area contributed by atoms with Crippen LogP contribution in [-0.2, 0) is 14.3 Å². The number of hydrogen-bond acceptors (Lipinski definition) is 5. The van der Waals surface area contributed by atoms with E-state index < -0.39 is 11.5 Å². The number of methoxy groups -OCH3 is 2. The molecule has 0 spiro atoms. The first-order chi connectivity index (χ1) is 9.89. The number of rotatable bonds is 7. The molecule has 0 aliphatic rings. The van der Waals surface area contributed by atoms with E-state index in [1.54, 1.807) is 45.2 Å². The molecule has 1 aromatic carbocycles. The van der Waals surface area contributed by atoms with Crippen LogP contribution >= 0.6 is 0 Å². The minimum Gasteiger partial charge on any atom is -0.497 e. The van der Waals surface area contributed by atoms with Crippen LogP contribution < -0.4 is 14.8 Å². The average Bonchev–Trinajstić information content (AvgIpc) is 2.46. The molecule has 0 aromatic heterocycles. The molecule has 1 aromatic rings. The third-order valence-electron chi connectivity index (χ3n) is 2.80. The molecule has 1 N–H and O–H groups in total. The second kappa shape index (κ2) is 7.52. The Hall–Kier alpha value is -2.24. The summed E-state index contributed by atoms with van der Waals surface area (Å²) in [5, 5.41) is 2.60. The summed E-state index contributed by atoms with van der Waals surface area (Å²) in [5.41, 5.74) is -1.05. The fraction of sp³-hybridized carbons (Fsp3) is 0.467. The fourth-order valence-corrected chi connectivity index (χ4v) is 1.65. The summed E-state index contributed by atoms with van der Waals surface area (Å²) in [6.45, 7) is 3.39. The van der Waals surface area contributed by atoms with Crippen molar-refractivity contribution in [2.75, 3.05) is 20.8 Å². The fourth-order valence-electron chi connectivity index (χ4n) is 1.65. The van der Waals surface area contributed by atoms with E-state index in [0.717, 1.165) is 5.75 Å². The van der Waals surface area contributed by atoms with Gasteiger partial charge in [0.15, 0.2) is 0 Å². The number of benzene rings is 1. The highest BCUT2D eigenvalue weighted by Gasteiger charge is 2.30. The molecule has 0 fully saturated rings. The molecule has 0 saturated heterocycles. The zero-order chi connectivity index (χ0) is 15.9. The van der Waals surface area contributed by atoms with E-state index in [-0.39, 0.29) is 18.9 Å². The van der Waals surface area contributed by atoms with Gasteiger partial charge in [0.25, 0.3) is 0 Å². The van der Waals surface area contributed by atoms with Crippen molar-refractivity contribution in [2.24, 2.45) is 0 Å². The number of amides is 1. The highest BCUT2D eigenvalue weighted by molar-refractivity contribution is 5.87. The van der Waals surface area contributed by atoms with Gasteiger partial charge in [-0.3, -0.25) is 4.79 Å². The molecule has 1 amide bonds. The first-order valence-corrected chi connectivity index (χ1v) is 6.55. The van der Waals surface area contributed by atoms with Gasteiger partial charge >= 0.3 is 5.97 Å². The van der Waals surface area contributed by atoms with Crippen molar-refractivity contribution < 1.29 is 23.8 Å². The van der Waals surface area contributed by atoms with Crippen LogP contribution in [0, 0.1) is 0 Å². The highest BCUT2D eigenvalue weighted by Crippen LogP contribution is 2.17. The van der Waals surface area contributed by atoms with Gasteiger partial charge < -0.3 is 19.5 Å². The summed E-state index contributed by atoms with van der Waals surface area (Å²) >= 11 is 0. The van der Waals surface area contributed by atoms with Gasteiger partial charge in [-0.25, -0.2) is 4.79 Å². The van der Waals surface area contributed by atoms with Crippen LogP contribution in [0.1, 0.15) is 20.3 Å². The normalized spacial score (nSPS) is 10.7. The van der Waals surface area contributed by atoms with Crippen LogP contribution in [0.2, 0.25) is 0 Å². The smallest absolute Gasteiger partial charge is 0.330 e. The number of esters is 1. The molecule has 0 saturated carbocycles. The number of ether oxygens (including phenoxy) is 3. The molecule has 0 atom stereocenters. The first-order valence-electron chi connectivity index (χ1n) is 6.55. The van der Waals surface area contributed by atoms with Gasteiger partial charge in [-0.1, -0.05) is 0 Å². The van der Waals surface area contributed by atoms with Gasteiger partial charge in [0.1, 0.15) is 17.0 Å². The molecule has 116 valence electrons. The second-order valence-electron chi connectivity index (χ2n) is 4.94. The van der Waals surface area contributed by atoms with Gasteiger partial charge in [-0.2, -0.15) is 0 Å². The molecule has 0 heterocycles. The number of hydrogen-bond donors (Lipinski definition) is 1. The van der Waals surface area contributed by atoms with Gasteiger partial charge in [-0.05, 0) is 38.1 Å². The highest BCUT2D eigenvalue weighted by atomic mass is 16.5. The maximum atomic E-state index is 11.8. The molecule has 1 rings (SSSR count). The average molecular weight is 295 g/mol. The molecule has 0 radical (unpaired) electrons. The van der Waals surface area contributed by atoms with E-state index >= 15 is 0 Å². The Balaban J connectivity index is 2.37.